The van der Waals surface area contributed by atoms with Crippen molar-refractivity contribution in [2.75, 3.05) is 13.2 Å². The maximum Gasteiger partial charge on any atom is 0.460 e. The molecule has 0 fully saturated rings. The van der Waals surface area contributed by atoms with E-state index in [0.29, 0.717) is 0 Å². The monoisotopic (exact) mass is 1080 g/mol. The van der Waals surface area contributed by atoms with Crippen molar-refractivity contribution in [3.8, 4) is 0 Å². The number of primary amides is 1. The Morgan fingerprint density at radius 1 is 0.333 bits per heavy atom. The Balaban J connectivity index is 5.18. The molecule has 0 spiro atoms. The van der Waals surface area contributed by atoms with Crippen molar-refractivity contribution in [3.63, 3.8) is 0 Å². The maximum absolute atomic E-state index is 14.0. The summed E-state index contributed by atoms with van der Waals surface area (Å²) in [6.07, 6.45) is -29.2. The fourth-order valence-corrected chi connectivity index (χ4v) is 5.31. The molecule has 1 atom stereocenters. The van der Waals surface area contributed by atoms with E-state index in [1.54, 1.807) is 0 Å². The number of carbonyl (C=O) groups is 4. The molecule has 0 aliphatic heterocycles. The Morgan fingerprint density at radius 3 is 0.928 bits per heavy atom. The van der Waals surface area contributed by atoms with Crippen molar-refractivity contribution < 1.29 is 148 Å². The van der Waals surface area contributed by atoms with Gasteiger partial charge in [0.05, 0.1) is 6.42 Å². The SMILES string of the molecule is NC(=O)CCC(=O)OCC(COC(=O)CCCCCCCC(F)(F)C(F)(F)C(F)(F)C(F)(F)C(F)(F)C(F)(F)F)OC(=O)CCCCCCCC(F)(F)C(F)(F)C(F)(F)C(F)(F)C(F)(F)C(F)(F)F. The van der Waals surface area contributed by atoms with Gasteiger partial charge >= 0.3 is 89.5 Å². The van der Waals surface area contributed by atoms with Gasteiger partial charge in [-0.1, -0.05) is 38.5 Å². The van der Waals surface area contributed by atoms with Crippen LogP contribution < -0.4 is 5.73 Å². The van der Waals surface area contributed by atoms with E-state index in [1.807, 2.05) is 0 Å². The van der Waals surface area contributed by atoms with Gasteiger partial charge in [-0.05, 0) is 25.7 Å². The van der Waals surface area contributed by atoms with Gasteiger partial charge in [-0.2, -0.15) is 114 Å². The molecule has 1 unspecified atom stereocenters. The van der Waals surface area contributed by atoms with Crippen LogP contribution in [0.15, 0.2) is 0 Å². The second-order valence-corrected chi connectivity index (χ2v) is 15.0. The molecule has 408 valence electrons. The van der Waals surface area contributed by atoms with E-state index >= 15 is 0 Å². The summed E-state index contributed by atoms with van der Waals surface area (Å²) in [6, 6.07) is 0. The quantitative estimate of drug-likeness (QED) is 0.0308. The number of carbonyl (C=O) groups excluding carboxylic acids is 4. The Morgan fingerprint density at radius 2 is 0.609 bits per heavy atom. The van der Waals surface area contributed by atoms with Crippen LogP contribution in [0.2, 0.25) is 0 Å². The molecule has 0 rings (SSSR count). The summed E-state index contributed by atoms with van der Waals surface area (Å²) >= 11 is 0. The second kappa shape index (κ2) is 23.5. The highest BCUT2D eigenvalue weighted by molar-refractivity contribution is 5.80. The molecule has 69 heavy (non-hydrogen) atoms. The van der Waals surface area contributed by atoms with E-state index in [4.69, 9.17) is 19.9 Å². The molecule has 0 aromatic heterocycles. The lowest BCUT2D eigenvalue weighted by atomic mass is 9.91. The van der Waals surface area contributed by atoms with Crippen LogP contribution in [0.5, 0.6) is 0 Å². The normalized spacial score (nSPS) is 14.9. The third-order valence-corrected chi connectivity index (χ3v) is 9.47. The molecule has 0 radical (unpaired) electrons. The third-order valence-electron chi connectivity index (χ3n) is 9.47. The minimum Gasteiger partial charge on any atom is -0.462 e. The summed E-state index contributed by atoms with van der Waals surface area (Å²) in [5, 5.41) is 0. The van der Waals surface area contributed by atoms with Crippen molar-refractivity contribution in [1.29, 1.82) is 0 Å². The first kappa shape index (κ1) is 65.1. The molecule has 8 nitrogen and oxygen atoms in total. The fourth-order valence-electron chi connectivity index (χ4n) is 5.31. The lowest BCUT2D eigenvalue weighted by molar-refractivity contribution is -0.440. The van der Waals surface area contributed by atoms with Gasteiger partial charge in [0, 0.05) is 32.1 Å². The number of rotatable bonds is 32. The summed E-state index contributed by atoms with van der Waals surface area (Å²) in [7, 11) is 0. The number of unbranched alkanes of at least 4 members (excludes halogenated alkanes) is 8. The lowest BCUT2D eigenvalue weighted by Crippen LogP contribution is -2.70. The Kier molecular flexibility index (Phi) is 22.2. The highest BCUT2D eigenvalue weighted by atomic mass is 19.4. The summed E-state index contributed by atoms with van der Waals surface area (Å²) in [4.78, 5) is 47.2. The van der Waals surface area contributed by atoms with Gasteiger partial charge in [-0.25, -0.2) is 0 Å². The molecular weight excluding hydrogens is 1040 g/mol. The predicted molar refractivity (Wildman–Crippen MR) is 176 cm³/mol. The summed E-state index contributed by atoms with van der Waals surface area (Å²) in [5.74, 6) is -79.5. The van der Waals surface area contributed by atoms with E-state index < -0.39 is 179 Å². The molecule has 0 saturated heterocycles. The summed E-state index contributed by atoms with van der Waals surface area (Å²) in [5.41, 5.74) is 4.88. The standard InChI is InChI=1S/C35H39F26NO7/c36-24(37,26(40,41)28(44,45)30(48,49)32(52,53)34(56,57)58)15-9-5-1-3-7-11-21(64)67-17-19(18-68-22(65)14-13-20(62)63)69-23(66)12-8-4-2-6-10-16-25(38,39)27(42,43)29(46,47)31(50,51)33(54,55)35(59,60)61/h19H,1-18H2,(H2,62,63). The fraction of sp³-hybridized carbons (Fsp3) is 0.886. The number of alkyl halides is 26. The van der Waals surface area contributed by atoms with Crippen LogP contribution in [0, 0.1) is 0 Å². The largest absolute Gasteiger partial charge is 0.462 e. The van der Waals surface area contributed by atoms with Crippen molar-refractivity contribution in [3.05, 3.63) is 0 Å². The lowest BCUT2D eigenvalue weighted by Gasteiger charge is -2.39. The molecular formula is C35H39F26NO7. The van der Waals surface area contributed by atoms with Gasteiger partial charge in [0.15, 0.2) is 6.10 Å². The third kappa shape index (κ3) is 15.3. The van der Waals surface area contributed by atoms with Gasteiger partial charge in [0.2, 0.25) is 5.91 Å². The smallest absolute Gasteiger partial charge is 0.460 e. The minimum absolute atomic E-state index is 0.185. The zero-order valence-corrected chi connectivity index (χ0v) is 34.6. The van der Waals surface area contributed by atoms with Crippen molar-refractivity contribution >= 4 is 23.8 Å². The Bertz CT molecular complexity index is 1680. The molecule has 0 saturated carbocycles. The van der Waals surface area contributed by atoms with Gasteiger partial charge in [0.25, 0.3) is 0 Å². The molecule has 1 amide bonds. The molecule has 0 bridgehead atoms. The number of hydrogen-bond acceptors (Lipinski definition) is 7. The topological polar surface area (TPSA) is 122 Å². The van der Waals surface area contributed by atoms with Crippen molar-refractivity contribution in [1.82, 2.24) is 0 Å². The van der Waals surface area contributed by atoms with E-state index in [-0.39, 0.29) is 38.5 Å². The first-order valence-corrected chi connectivity index (χ1v) is 19.4. The average Bonchev–Trinajstić information content (AvgIpc) is 3.18. The van der Waals surface area contributed by atoms with Gasteiger partial charge in [-0.15, -0.1) is 0 Å². The Hall–Kier alpha value is -3.94. The van der Waals surface area contributed by atoms with Gasteiger partial charge in [0.1, 0.15) is 13.2 Å². The Labute approximate surface area is 371 Å². The molecule has 0 aliphatic rings. The minimum atomic E-state index is -8.05. The van der Waals surface area contributed by atoms with Crippen LogP contribution in [0.4, 0.5) is 114 Å². The second-order valence-electron chi connectivity index (χ2n) is 15.0. The first-order chi connectivity index (χ1) is 30.7. The molecule has 0 heterocycles. The zero-order chi connectivity index (χ0) is 54.7. The predicted octanol–water partition coefficient (Wildman–Crippen LogP) is 12.2. The number of esters is 3. The van der Waals surface area contributed by atoms with Gasteiger partial charge in [-0.3, -0.25) is 19.2 Å². The van der Waals surface area contributed by atoms with Crippen LogP contribution in [0.1, 0.15) is 103 Å². The number of hydrogen-bond donors (Lipinski definition) is 1. The van der Waals surface area contributed by atoms with Crippen molar-refractivity contribution in [2.24, 2.45) is 5.73 Å². The highest BCUT2D eigenvalue weighted by Crippen LogP contribution is 2.62. The van der Waals surface area contributed by atoms with E-state index in [9.17, 15) is 133 Å². The van der Waals surface area contributed by atoms with Crippen LogP contribution in [0.25, 0.3) is 0 Å². The number of nitrogens with two attached hydrogens (primary N) is 1. The summed E-state index contributed by atoms with van der Waals surface area (Å²) in [6.45, 7) is -1.79. The van der Waals surface area contributed by atoms with E-state index in [0.717, 1.165) is 0 Å². The number of amides is 1. The van der Waals surface area contributed by atoms with Crippen LogP contribution >= 0.6 is 0 Å². The number of halogens is 26. The van der Waals surface area contributed by atoms with Crippen molar-refractivity contribution in [2.45, 2.75) is 180 Å². The number of ether oxygens (including phenoxy) is 3. The van der Waals surface area contributed by atoms with E-state index in [2.05, 4.69) is 0 Å². The van der Waals surface area contributed by atoms with Gasteiger partial charge < -0.3 is 19.9 Å². The maximum atomic E-state index is 14.0. The first-order valence-electron chi connectivity index (χ1n) is 19.4. The average molecular weight is 1080 g/mol. The van der Waals surface area contributed by atoms with E-state index in [1.165, 1.54) is 0 Å². The molecule has 0 aromatic carbocycles. The molecule has 0 aliphatic carbocycles. The van der Waals surface area contributed by atoms with Crippen LogP contribution in [-0.4, -0.2) is 115 Å². The van der Waals surface area contributed by atoms with Crippen LogP contribution in [-0.2, 0) is 33.4 Å². The molecule has 2 N–H and O–H groups in total. The molecule has 0 aromatic rings. The summed E-state index contributed by atoms with van der Waals surface area (Å²) < 4.78 is 359. The zero-order valence-electron chi connectivity index (χ0n) is 34.6. The highest BCUT2D eigenvalue weighted by Gasteiger charge is 2.92. The molecule has 34 heteroatoms. The van der Waals surface area contributed by atoms with Crippen LogP contribution in [0.3, 0.4) is 0 Å².